The van der Waals surface area contributed by atoms with Crippen molar-refractivity contribution in [1.82, 2.24) is 19.5 Å². The number of ether oxygens (including phenoxy) is 1. The third-order valence-corrected chi connectivity index (χ3v) is 7.10. The lowest BCUT2D eigenvalue weighted by molar-refractivity contribution is -0.141. The van der Waals surface area contributed by atoms with Crippen LogP contribution in [0.25, 0.3) is 11.0 Å². The number of carbonyl (C=O) groups excluding carboxylic acids is 1. The van der Waals surface area contributed by atoms with Gasteiger partial charge < -0.3 is 14.2 Å². The Hall–Kier alpha value is -3.22. The maximum absolute atomic E-state index is 13.5. The number of hydrogen-bond acceptors (Lipinski definition) is 8. The number of hydrogen-bond donors (Lipinski definition) is 0. The van der Waals surface area contributed by atoms with Crippen LogP contribution in [0.2, 0.25) is 0 Å². The summed E-state index contributed by atoms with van der Waals surface area (Å²) in [5.41, 5.74) is -0.326. The van der Waals surface area contributed by atoms with Crippen LogP contribution in [0.4, 0.5) is 19.1 Å². The van der Waals surface area contributed by atoms with Gasteiger partial charge in [0.05, 0.1) is 34.6 Å². The monoisotopic (exact) mass is 511 g/mol. The molecular formula is C22H24F3N5O4S. The fourth-order valence-electron chi connectivity index (χ4n) is 4.43. The molecule has 3 aromatic rings. The molecule has 0 saturated carbocycles. The van der Waals surface area contributed by atoms with E-state index in [1.54, 1.807) is 4.90 Å². The third kappa shape index (κ3) is 4.32. The lowest BCUT2D eigenvalue weighted by Crippen LogP contribution is -2.42. The predicted octanol–water partition coefficient (Wildman–Crippen LogP) is 3.56. The number of sulfone groups is 1. The zero-order valence-corrected chi connectivity index (χ0v) is 20.5. The van der Waals surface area contributed by atoms with Crippen molar-refractivity contribution in [3.8, 4) is 0 Å². The molecule has 0 spiro atoms. The first-order valence-corrected chi connectivity index (χ1v) is 12.6. The number of carbonyl (C=O) groups is 1. The lowest BCUT2D eigenvalue weighted by atomic mass is 10.00. The van der Waals surface area contributed by atoms with E-state index in [4.69, 9.17) is 4.74 Å². The fraction of sp³-hybridized carbons (Fsp3) is 0.455. The standard InChI is InChI=1S/C22H24F3N5O4S/c1-11(2)17-19-27-14-8-13(20(31)34-4)16(35(5,32)33)9-15(14)29(19)6-7-30(17)21-26-10-12(3)18(28-21)22(23,24)25/h8-11,17H,6-7H2,1-5H3/t17-/m1/s1. The summed E-state index contributed by atoms with van der Waals surface area (Å²) in [7, 11) is -2.62. The Morgan fingerprint density at radius 2 is 1.89 bits per heavy atom. The maximum atomic E-state index is 13.5. The Balaban J connectivity index is 1.90. The molecule has 4 rings (SSSR count). The van der Waals surface area contributed by atoms with E-state index in [1.807, 2.05) is 18.4 Å². The van der Waals surface area contributed by atoms with E-state index in [-0.39, 0.29) is 34.4 Å². The van der Waals surface area contributed by atoms with E-state index in [0.29, 0.717) is 23.4 Å². The summed E-state index contributed by atoms with van der Waals surface area (Å²) in [6, 6.07) is 2.27. The van der Waals surface area contributed by atoms with Gasteiger partial charge in [0.2, 0.25) is 5.95 Å². The molecule has 13 heteroatoms. The topological polar surface area (TPSA) is 107 Å². The molecule has 0 saturated heterocycles. The van der Waals surface area contributed by atoms with Gasteiger partial charge in [0.25, 0.3) is 0 Å². The van der Waals surface area contributed by atoms with Crippen molar-refractivity contribution in [1.29, 1.82) is 0 Å². The van der Waals surface area contributed by atoms with Crippen molar-refractivity contribution in [2.75, 3.05) is 24.8 Å². The molecular weight excluding hydrogens is 487 g/mol. The zero-order valence-electron chi connectivity index (χ0n) is 19.7. The van der Waals surface area contributed by atoms with Gasteiger partial charge in [-0.2, -0.15) is 13.2 Å². The van der Waals surface area contributed by atoms with Gasteiger partial charge in [0.15, 0.2) is 15.5 Å². The number of rotatable bonds is 4. The first kappa shape index (κ1) is 24.9. The SMILES string of the molecule is COC(=O)c1cc2nc3n(c2cc1S(C)(=O)=O)CCN(c1ncc(C)c(C(F)(F)F)n1)[C@@H]3C(C)C. The molecule has 0 bridgehead atoms. The number of imidazole rings is 1. The number of halogens is 3. The molecule has 1 aliphatic rings. The summed E-state index contributed by atoms with van der Waals surface area (Å²) in [4.78, 5) is 26.4. The molecule has 0 aliphatic carbocycles. The summed E-state index contributed by atoms with van der Waals surface area (Å²) in [5.74, 6) is -0.472. The number of nitrogens with zero attached hydrogens (tertiary/aromatic N) is 5. The van der Waals surface area contributed by atoms with E-state index in [0.717, 1.165) is 19.6 Å². The highest BCUT2D eigenvalue weighted by Crippen LogP contribution is 2.38. The highest BCUT2D eigenvalue weighted by Gasteiger charge is 2.39. The minimum Gasteiger partial charge on any atom is -0.465 e. The molecule has 1 aliphatic heterocycles. The van der Waals surface area contributed by atoms with Crippen molar-refractivity contribution in [3.05, 3.63) is 41.0 Å². The molecule has 0 unspecified atom stereocenters. The normalized spacial score (nSPS) is 16.6. The van der Waals surface area contributed by atoms with E-state index in [1.165, 1.54) is 19.1 Å². The van der Waals surface area contributed by atoms with Crippen LogP contribution in [0, 0.1) is 12.8 Å². The summed E-state index contributed by atoms with van der Waals surface area (Å²) in [6.45, 7) is 5.67. The van der Waals surface area contributed by atoms with Crippen molar-refractivity contribution >= 4 is 32.8 Å². The molecule has 35 heavy (non-hydrogen) atoms. The van der Waals surface area contributed by atoms with Crippen LogP contribution in [-0.2, 0) is 27.3 Å². The van der Waals surface area contributed by atoms with Crippen LogP contribution >= 0.6 is 0 Å². The molecule has 3 heterocycles. The van der Waals surface area contributed by atoms with Crippen molar-refractivity contribution in [2.45, 2.75) is 44.4 Å². The molecule has 9 nitrogen and oxygen atoms in total. The average molecular weight is 512 g/mol. The minimum atomic E-state index is -4.62. The van der Waals surface area contributed by atoms with Gasteiger partial charge in [-0.05, 0) is 30.5 Å². The average Bonchev–Trinajstić information content (AvgIpc) is 3.13. The van der Waals surface area contributed by atoms with Gasteiger partial charge in [-0.15, -0.1) is 0 Å². The Morgan fingerprint density at radius 1 is 1.20 bits per heavy atom. The summed E-state index contributed by atoms with van der Waals surface area (Å²) >= 11 is 0. The van der Waals surface area contributed by atoms with E-state index in [9.17, 15) is 26.4 Å². The van der Waals surface area contributed by atoms with Gasteiger partial charge in [-0.25, -0.2) is 28.2 Å². The Kier molecular flexibility index (Phi) is 6.02. The van der Waals surface area contributed by atoms with Crippen LogP contribution in [-0.4, -0.2) is 53.8 Å². The van der Waals surface area contributed by atoms with E-state index < -0.39 is 33.7 Å². The quantitative estimate of drug-likeness (QED) is 0.490. The first-order valence-electron chi connectivity index (χ1n) is 10.7. The van der Waals surface area contributed by atoms with Crippen molar-refractivity contribution < 1.29 is 31.1 Å². The molecule has 1 atom stereocenters. The van der Waals surface area contributed by atoms with Crippen LogP contribution in [0.5, 0.6) is 0 Å². The van der Waals surface area contributed by atoms with Crippen LogP contribution in [0.3, 0.4) is 0 Å². The smallest absolute Gasteiger partial charge is 0.433 e. The number of fused-ring (bicyclic) bond motifs is 3. The van der Waals surface area contributed by atoms with Crippen LogP contribution in [0.1, 0.15) is 47.3 Å². The zero-order chi connectivity index (χ0) is 25.9. The number of aromatic nitrogens is 4. The number of benzene rings is 1. The number of esters is 1. The van der Waals surface area contributed by atoms with Crippen LogP contribution in [0.15, 0.2) is 23.2 Å². The fourth-order valence-corrected chi connectivity index (χ4v) is 5.30. The molecule has 1 aromatic carbocycles. The third-order valence-electron chi connectivity index (χ3n) is 5.96. The van der Waals surface area contributed by atoms with Gasteiger partial charge in [-0.1, -0.05) is 13.8 Å². The lowest BCUT2D eigenvalue weighted by Gasteiger charge is -2.38. The first-order chi connectivity index (χ1) is 16.2. The van der Waals surface area contributed by atoms with Crippen LogP contribution < -0.4 is 4.90 Å². The van der Waals surface area contributed by atoms with Crippen molar-refractivity contribution in [2.24, 2.45) is 5.92 Å². The highest BCUT2D eigenvalue weighted by molar-refractivity contribution is 7.90. The number of anilines is 1. The molecule has 0 radical (unpaired) electrons. The maximum Gasteiger partial charge on any atom is 0.433 e. The molecule has 0 amide bonds. The predicted molar refractivity (Wildman–Crippen MR) is 121 cm³/mol. The van der Waals surface area contributed by atoms with Gasteiger partial charge in [-0.3, -0.25) is 0 Å². The summed E-state index contributed by atoms with van der Waals surface area (Å²) in [6.07, 6.45) is -2.47. The Morgan fingerprint density at radius 3 is 2.46 bits per heavy atom. The second kappa shape index (κ2) is 8.47. The Bertz CT molecular complexity index is 1430. The number of aryl methyl sites for hydroxylation is 1. The van der Waals surface area contributed by atoms with E-state index in [2.05, 4.69) is 15.0 Å². The second-order valence-electron chi connectivity index (χ2n) is 8.80. The Labute approximate surface area is 199 Å². The van der Waals surface area contributed by atoms with Gasteiger partial charge in [0, 0.05) is 25.5 Å². The molecule has 0 N–H and O–H groups in total. The summed E-state index contributed by atoms with van der Waals surface area (Å²) in [5, 5.41) is 0. The molecule has 188 valence electrons. The van der Waals surface area contributed by atoms with Gasteiger partial charge in [0.1, 0.15) is 5.82 Å². The van der Waals surface area contributed by atoms with Crippen molar-refractivity contribution in [3.63, 3.8) is 0 Å². The molecule has 2 aromatic heterocycles. The molecule has 0 fully saturated rings. The number of alkyl halides is 3. The summed E-state index contributed by atoms with van der Waals surface area (Å²) < 4.78 is 71.8. The second-order valence-corrected chi connectivity index (χ2v) is 10.8. The van der Waals surface area contributed by atoms with Gasteiger partial charge >= 0.3 is 12.1 Å². The van der Waals surface area contributed by atoms with E-state index >= 15 is 0 Å². The largest absolute Gasteiger partial charge is 0.465 e. The minimum absolute atomic E-state index is 0.0630. The highest BCUT2D eigenvalue weighted by atomic mass is 32.2. The number of methoxy groups -OCH3 is 1.